The zero-order valence-electron chi connectivity index (χ0n) is 13.6. The van der Waals surface area contributed by atoms with Crippen LogP contribution in [0.5, 0.6) is 0 Å². The first-order valence-electron chi connectivity index (χ1n) is 7.71. The molecule has 0 aliphatic carbocycles. The maximum Gasteiger partial charge on any atom is 0.312 e. The van der Waals surface area contributed by atoms with Gasteiger partial charge in [0.25, 0.3) is 0 Å². The molecule has 0 bridgehead atoms. The Labute approximate surface area is 153 Å². The lowest BCUT2D eigenvalue weighted by Gasteiger charge is -2.20. The summed E-state index contributed by atoms with van der Waals surface area (Å²) < 4.78 is 14.2. The fourth-order valence-electron chi connectivity index (χ4n) is 2.46. The number of nitrogens with two attached hydrogens (primary N) is 1. The molecular formula is C18H19BrFN3O2. The maximum atomic E-state index is 13.3. The minimum Gasteiger partial charge on any atom is -0.352 e. The summed E-state index contributed by atoms with van der Waals surface area (Å²) in [6, 6.07) is 11.7. The fourth-order valence-corrected chi connectivity index (χ4v) is 2.73. The number of amides is 3. The van der Waals surface area contributed by atoms with Gasteiger partial charge in [-0.15, -0.1) is 0 Å². The lowest BCUT2D eigenvalue weighted by molar-refractivity contribution is -0.122. The highest BCUT2D eigenvalue weighted by molar-refractivity contribution is 9.10. The van der Waals surface area contributed by atoms with Gasteiger partial charge in [0.1, 0.15) is 5.82 Å². The number of nitrogens with one attached hydrogen (secondary N) is 2. The first kappa shape index (κ1) is 18.9. The van der Waals surface area contributed by atoms with Crippen molar-refractivity contribution in [2.45, 2.75) is 25.4 Å². The van der Waals surface area contributed by atoms with Crippen LogP contribution < -0.4 is 16.4 Å². The van der Waals surface area contributed by atoms with E-state index in [0.717, 1.165) is 10.0 Å². The molecule has 2 rings (SSSR count). The number of rotatable bonds is 6. The second-order valence-corrected chi connectivity index (χ2v) is 6.58. The predicted octanol–water partition coefficient (Wildman–Crippen LogP) is 3.57. The summed E-state index contributed by atoms with van der Waals surface area (Å²) in [5, 5.41) is 5.37. The van der Waals surface area contributed by atoms with Crippen molar-refractivity contribution in [3.8, 4) is 0 Å². The molecular weight excluding hydrogens is 389 g/mol. The van der Waals surface area contributed by atoms with Crippen molar-refractivity contribution < 1.29 is 14.0 Å². The molecule has 2 aromatic rings. The number of carbonyl (C=O) groups is 2. The van der Waals surface area contributed by atoms with E-state index in [1.807, 2.05) is 12.1 Å². The normalized spacial score (nSPS) is 12.9. The lowest BCUT2D eigenvalue weighted by atomic mass is 10.0. The van der Waals surface area contributed by atoms with E-state index in [9.17, 15) is 14.0 Å². The minimum atomic E-state index is -0.709. The topological polar surface area (TPSA) is 84.2 Å². The van der Waals surface area contributed by atoms with Gasteiger partial charge in [-0.2, -0.15) is 0 Å². The number of hydrogen-bond donors (Lipinski definition) is 3. The Kier molecular flexibility index (Phi) is 6.52. The van der Waals surface area contributed by atoms with E-state index in [1.165, 1.54) is 12.1 Å². The van der Waals surface area contributed by atoms with E-state index in [-0.39, 0.29) is 24.2 Å². The molecule has 2 aromatic carbocycles. The van der Waals surface area contributed by atoms with Crippen LogP contribution in [0, 0.1) is 5.82 Å². The molecule has 5 nitrogen and oxygen atoms in total. The Hall–Kier alpha value is -2.41. The first-order valence-corrected chi connectivity index (χ1v) is 8.50. The van der Waals surface area contributed by atoms with Crippen LogP contribution in [-0.4, -0.2) is 11.9 Å². The van der Waals surface area contributed by atoms with Crippen LogP contribution >= 0.6 is 15.9 Å². The van der Waals surface area contributed by atoms with Gasteiger partial charge in [0.05, 0.1) is 18.5 Å². The summed E-state index contributed by atoms with van der Waals surface area (Å²) in [4.78, 5) is 23.6. The van der Waals surface area contributed by atoms with E-state index in [1.54, 1.807) is 31.2 Å². The molecule has 0 saturated carbocycles. The maximum absolute atomic E-state index is 13.3. The number of hydrogen-bond acceptors (Lipinski definition) is 2. The molecule has 0 spiro atoms. The number of benzene rings is 2. The molecule has 25 heavy (non-hydrogen) atoms. The molecule has 7 heteroatoms. The number of carbonyl (C=O) groups excluding carboxylic acids is 2. The van der Waals surface area contributed by atoms with Crippen LogP contribution in [0.4, 0.5) is 9.18 Å². The molecule has 0 aliphatic rings. The van der Waals surface area contributed by atoms with Gasteiger partial charge in [0.15, 0.2) is 0 Å². The largest absolute Gasteiger partial charge is 0.352 e. The molecule has 2 atom stereocenters. The third-order valence-corrected chi connectivity index (χ3v) is 4.23. The Bertz CT molecular complexity index is 752. The van der Waals surface area contributed by atoms with Gasteiger partial charge in [0.2, 0.25) is 5.91 Å². The van der Waals surface area contributed by atoms with E-state index < -0.39 is 12.1 Å². The third kappa shape index (κ3) is 5.86. The van der Waals surface area contributed by atoms with Gasteiger partial charge in [-0.1, -0.05) is 40.2 Å². The standard InChI is InChI=1S/C18H19BrFN3O2/c1-11(13-3-2-4-15(20)9-13)22-17(24)10-16(23-18(21)25)12-5-7-14(19)8-6-12/h2-9,11,16H,10H2,1H3,(H,22,24)(H3,21,23,25)/t11-,16+/m1/s1. The molecule has 4 N–H and O–H groups in total. The monoisotopic (exact) mass is 407 g/mol. The Morgan fingerprint density at radius 2 is 1.80 bits per heavy atom. The number of urea groups is 1. The van der Waals surface area contributed by atoms with E-state index in [2.05, 4.69) is 26.6 Å². The predicted molar refractivity (Wildman–Crippen MR) is 97.2 cm³/mol. The van der Waals surface area contributed by atoms with Crippen molar-refractivity contribution in [1.82, 2.24) is 10.6 Å². The first-order chi connectivity index (χ1) is 11.8. The molecule has 0 unspecified atom stereocenters. The summed E-state index contributed by atoms with van der Waals surface area (Å²) in [5.74, 6) is -0.639. The van der Waals surface area contributed by atoms with Crippen LogP contribution in [-0.2, 0) is 4.79 Å². The number of primary amides is 1. The SMILES string of the molecule is C[C@@H](NC(=O)C[C@H](NC(N)=O)c1ccc(Br)cc1)c1cccc(F)c1. The third-order valence-electron chi connectivity index (χ3n) is 3.70. The van der Waals surface area contributed by atoms with Crippen molar-refractivity contribution >= 4 is 27.9 Å². The molecule has 0 fully saturated rings. The Morgan fingerprint density at radius 3 is 2.40 bits per heavy atom. The lowest BCUT2D eigenvalue weighted by Crippen LogP contribution is -2.37. The van der Waals surface area contributed by atoms with E-state index in [0.29, 0.717) is 5.56 Å². The van der Waals surface area contributed by atoms with Gasteiger partial charge >= 0.3 is 6.03 Å². The van der Waals surface area contributed by atoms with Crippen LogP contribution in [0.3, 0.4) is 0 Å². The highest BCUT2D eigenvalue weighted by Crippen LogP contribution is 2.21. The van der Waals surface area contributed by atoms with Crippen molar-refractivity contribution in [1.29, 1.82) is 0 Å². The van der Waals surface area contributed by atoms with Crippen LogP contribution in [0.2, 0.25) is 0 Å². The highest BCUT2D eigenvalue weighted by atomic mass is 79.9. The summed E-state index contributed by atoms with van der Waals surface area (Å²) in [6.45, 7) is 1.77. The van der Waals surface area contributed by atoms with Crippen molar-refractivity contribution in [3.05, 3.63) is 69.9 Å². The quantitative estimate of drug-likeness (QED) is 0.683. The van der Waals surface area contributed by atoms with Crippen molar-refractivity contribution in [2.24, 2.45) is 5.73 Å². The van der Waals surface area contributed by atoms with Crippen LogP contribution in [0.25, 0.3) is 0 Å². The summed E-state index contributed by atoms with van der Waals surface area (Å²) in [6.07, 6.45) is 0.0181. The molecule has 0 aliphatic heterocycles. The zero-order valence-corrected chi connectivity index (χ0v) is 15.2. The van der Waals surface area contributed by atoms with Gasteiger partial charge < -0.3 is 16.4 Å². The van der Waals surface area contributed by atoms with Crippen LogP contribution in [0.1, 0.15) is 36.6 Å². The summed E-state index contributed by atoms with van der Waals surface area (Å²) in [5.41, 5.74) is 6.64. The Balaban J connectivity index is 2.06. The average molecular weight is 408 g/mol. The van der Waals surface area contributed by atoms with Crippen LogP contribution in [0.15, 0.2) is 53.0 Å². The second kappa shape index (κ2) is 8.62. The van der Waals surface area contributed by atoms with Gasteiger partial charge in [0, 0.05) is 4.47 Å². The fraction of sp³-hybridized carbons (Fsp3) is 0.222. The van der Waals surface area contributed by atoms with Gasteiger partial charge in [-0.3, -0.25) is 4.79 Å². The summed E-state index contributed by atoms with van der Waals surface area (Å²) in [7, 11) is 0. The van der Waals surface area contributed by atoms with E-state index in [4.69, 9.17) is 5.73 Å². The second-order valence-electron chi connectivity index (χ2n) is 5.66. The zero-order chi connectivity index (χ0) is 18.4. The van der Waals surface area contributed by atoms with Gasteiger partial charge in [-0.05, 0) is 42.3 Å². The number of halogens is 2. The molecule has 3 amide bonds. The Morgan fingerprint density at radius 1 is 1.12 bits per heavy atom. The van der Waals surface area contributed by atoms with Crippen molar-refractivity contribution in [2.75, 3.05) is 0 Å². The molecule has 0 saturated heterocycles. The average Bonchev–Trinajstić information content (AvgIpc) is 2.54. The molecule has 0 aromatic heterocycles. The molecule has 132 valence electrons. The van der Waals surface area contributed by atoms with Gasteiger partial charge in [-0.25, -0.2) is 9.18 Å². The summed E-state index contributed by atoms with van der Waals surface area (Å²) >= 11 is 3.34. The molecule has 0 heterocycles. The minimum absolute atomic E-state index is 0.0181. The molecule has 0 radical (unpaired) electrons. The highest BCUT2D eigenvalue weighted by Gasteiger charge is 2.19. The van der Waals surface area contributed by atoms with E-state index >= 15 is 0 Å². The smallest absolute Gasteiger partial charge is 0.312 e. The van der Waals surface area contributed by atoms with Crippen molar-refractivity contribution in [3.63, 3.8) is 0 Å².